The first-order valence-electron chi connectivity index (χ1n) is 6.02. The average molecular weight is 210 g/mol. The van der Waals surface area contributed by atoms with Crippen LogP contribution in [0.5, 0.6) is 0 Å². The Morgan fingerprint density at radius 1 is 0.562 bits per heavy atom. The van der Waals surface area contributed by atoms with Crippen LogP contribution in [0.15, 0.2) is 71.9 Å². The molecule has 0 amide bonds. The van der Waals surface area contributed by atoms with Crippen molar-refractivity contribution < 1.29 is 0 Å². The number of hydrogen-bond acceptors (Lipinski definition) is 0. The highest BCUT2D eigenvalue weighted by atomic mass is 14.1. The highest BCUT2D eigenvalue weighted by molar-refractivity contribution is 5.38. The summed E-state index contributed by atoms with van der Waals surface area (Å²) in [6, 6.07) is 0. The van der Waals surface area contributed by atoms with Gasteiger partial charge in [0.1, 0.15) is 0 Å². The Kier molecular flexibility index (Phi) is 4.18. The molecule has 16 heavy (non-hydrogen) atoms. The van der Waals surface area contributed by atoms with Gasteiger partial charge in [0, 0.05) is 0 Å². The van der Waals surface area contributed by atoms with E-state index in [9.17, 15) is 0 Å². The molecule has 0 aromatic rings. The van der Waals surface area contributed by atoms with Crippen LogP contribution >= 0.6 is 0 Å². The lowest BCUT2D eigenvalue weighted by atomic mass is 9.94. The lowest BCUT2D eigenvalue weighted by molar-refractivity contribution is 0.913. The second-order valence-corrected chi connectivity index (χ2v) is 4.09. The smallest absolute Gasteiger partial charge is 0.0241 e. The molecule has 0 N–H and O–H groups in total. The average Bonchev–Trinajstić information content (AvgIpc) is 2.18. The maximum atomic E-state index is 2.26. The van der Waals surface area contributed by atoms with E-state index < -0.39 is 0 Å². The van der Waals surface area contributed by atoms with E-state index in [-0.39, 0.29) is 0 Å². The number of rotatable bonds is 1. The highest BCUT2D eigenvalue weighted by Crippen LogP contribution is 2.23. The third-order valence-corrected chi connectivity index (χ3v) is 2.88. The third kappa shape index (κ3) is 3.23. The summed E-state index contributed by atoms with van der Waals surface area (Å²) < 4.78 is 0. The van der Waals surface area contributed by atoms with Gasteiger partial charge < -0.3 is 0 Å². The largest absolute Gasteiger partial charge is 0.0842 e. The molecule has 0 aromatic heterocycles. The van der Waals surface area contributed by atoms with Crippen LogP contribution in [0.3, 0.4) is 0 Å². The molecule has 0 saturated carbocycles. The summed E-state index contributed by atoms with van der Waals surface area (Å²) in [5.74, 6) is 0. The highest BCUT2D eigenvalue weighted by Gasteiger charge is 2.04. The molecule has 0 saturated heterocycles. The Morgan fingerprint density at radius 3 is 1.56 bits per heavy atom. The van der Waals surface area contributed by atoms with Gasteiger partial charge in [-0.15, -0.1) is 0 Å². The van der Waals surface area contributed by atoms with E-state index in [2.05, 4.69) is 60.8 Å². The molecule has 0 unspecified atom stereocenters. The van der Waals surface area contributed by atoms with Crippen molar-refractivity contribution in [2.75, 3.05) is 0 Å². The summed E-state index contributed by atoms with van der Waals surface area (Å²) in [5.41, 5.74) is 2.97. The van der Waals surface area contributed by atoms with Crippen LogP contribution in [0.4, 0.5) is 0 Å². The van der Waals surface area contributed by atoms with Crippen LogP contribution in [0.25, 0.3) is 0 Å². The molecule has 0 aliphatic heterocycles. The van der Waals surface area contributed by atoms with Crippen molar-refractivity contribution in [2.24, 2.45) is 0 Å². The van der Waals surface area contributed by atoms with Crippen molar-refractivity contribution in [1.82, 2.24) is 0 Å². The molecule has 2 aliphatic carbocycles. The van der Waals surface area contributed by atoms with Gasteiger partial charge in [-0.2, -0.15) is 0 Å². The number of allylic oxidation sites excluding steroid dienone is 12. The van der Waals surface area contributed by atoms with Gasteiger partial charge in [-0.1, -0.05) is 60.8 Å². The van der Waals surface area contributed by atoms with Gasteiger partial charge in [-0.25, -0.2) is 0 Å². The third-order valence-electron chi connectivity index (χ3n) is 2.88. The van der Waals surface area contributed by atoms with Gasteiger partial charge in [0.25, 0.3) is 0 Å². The maximum Gasteiger partial charge on any atom is -0.0241 e. The quantitative estimate of drug-likeness (QED) is 0.591. The molecule has 0 heteroatoms. The summed E-state index contributed by atoms with van der Waals surface area (Å²) in [6.07, 6.45) is 26.4. The van der Waals surface area contributed by atoms with E-state index in [4.69, 9.17) is 0 Å². The first kappa shape index (κ1) is 10.9. The lowest BCUT2D eigenvalue weighted by Crippen LogP contribution is -1.92. The molecule has 0 nitrogen and oxygen atoms in total. The van der Waals surface area contributed by atoms with Crippen molar-refractivity contribution in [3.05, 3.63) is 71.9 Å². The minimum Gasteiger partial charge on any atom is -0.0842 e. The predicted octanol–water partition coefficient (Wildman–Crippen LogP) is 4.65. The zero-order valence-electron chi connectivity index (χ0n) is 9.60. The molecule has 0 fully saturated rings. The summed E-state index contributed by atoms with van der Waals surface area (Å²) in [5, 5.41) is 0. The Labute approximate surface area is 98.1 Å². The summed E-state index contributed by atoms with van der Waals surface area (Å²) in [4.78, 5) is 0. The first-order chi connectivity index (χ1) is 7.97. The van der Waals surface area contributed by atoms with Crippen LogP contribution < -0.4 is 0 Å². The van der Waals surface area contributed by atoms with E-state index in [1.54, 1.807) is 0 Å². The normalized spacial score (nSPS) is 35.0. The fraction of sp³-hybridized carbons (Fsp3) is 0.250. The van der Waals surface area contributed by atoms with Crippen molar-refractivity contribution in [3.8, 4) is 0 Å². The van der Waals surface area contributed by atoms with Crippen molar-refractivity contribution in [1.29, 1.82) is 0 Å². The SMILES string of the molecule is C1=C\C=C(/C2=C/C=C\C=C/CC2)CC\C=C/1. The first-order valence-corrected chi connectivity index (χ1v) is 6.02. The lowest BCUT2D eigenvalue weighted by Gasteiger charge is -2.11. The molecule has 0 spiro atoms. The molecule has 0 heterocycles. The molecule has 0 bridgehead atoms. The standard InChI is InChI=1S/C16H18/c1-3-7-11-15(12-8-4-1)16-13-9-5-2-6-10-14-16/h1-7,9,11,13H,8,10,12,14H2/b4-1-,6-2-,7-3-,9-5-,15-11-,16-13+. The molecular weight excluding hydrogens is 192 g/mol. The van der Waals surface area contributed by atoms with Crippen molar-refractivity contribution in [2.45, 2.75) is 25.7 Å². The fourth-order valence-corrected chi connectivity index (χ4v) is 2.00. The zero-order valence-corrected chi connectivity index (χ0v) is 9.60. The van der Waals surface area contributed by atoms with Gasteiger partial charge in [-0.3, -0.25) is 0 Å². The summed E-state index contributed by atoms with van der Waals surface area (Å²) in [6.45, 7) is 0. The molecular formula is C16H18. The van der Waals surface area contributed by atoms with E-state index in [0.29, 0.717) is 0 Å². The van der Waals surface area contributed by atoms with Gasteiger partial charge >= 0.3 is 0 Å². The minimum atomic E-state index is 1.15. The Morgan fingerprint density at radius 2 is 1.06 bits per heavy atom. The summed E-state index contributed by atoms with van der Waals surface area (Å²) >= 11 is 0. The molecule has 82 valence electrons. The van der Waals surface area contributed by atoms with Crippen LogP contribution in [0, 0.1) is 0 Å². The fourth-order valence-electron chi connectivity index (χ4n) is 2.00. The van der Waals surface area contributed by atoms with E-state index in [1.807, 2.05) is 0 Å². The molecule has 0 atom stereocenters. The predicted molar refractivity (Wildman–Crippen MR) is 71.2 cm³/mol. The van der Waals surface area contributed by atoms with Crippen LogP contribution in [-0.2, 0) is 0 Å². The van der Waals surface area contributed by atoms with E-state index >= 15 is 0 Å². The molecule has 2 rings (SSSR count). The van der Waals surface area contributed by atoms with E-state index in [1.165, 1.54) is 11.1 Å². The van der Waals surface area contributed by atoms with Crippen LogP contribution in [-0.4, -0.2) is 0 Å². The molecule has 0 radical (unpaired) electrons. The van der Waals surface area contributed by atoms with Gasteiger partial charge in [0.15, 0.2) is 0 Å². The number of hydrogen-bond donors (Lipinski definition) is 0. The topological polar surface area (TPSA) is 0 Å². The Balaban J connectivity index is 2.16. The van der Waals surface area contributed by atoms with Crippen molar-refractivity contribution in [3.63, 3.8) is 0 Å². The second-order valence-electron chi connectivity index (χ2n) is 4.09. The maximum absolute atomic E-state index is 2.26. The van der Waals surface area contributed by atoms with Gasteiger partial charge in [0.05, 0.1) is 0 Å². The second kappa shape index (κ2) is 6.12. The van der Waals surface area contributed by atoms with Crippen molar-refractivity contribution >= 4 is 0 Å². The monoisotopic (exact) mass is 210 g/mol. The van der Waals surface area contributed by atoms with E-state index in [0.717, 1.165) is 25.7 Å². The summed E-state index contributed by atoms with van der Waals surface area (Å²) in [7, 11) is 0. The Hall–Kier alpha value is -1.56. The molecule has 0 aromatic carbocycles. The van der Waals surface area contributed by atoms with Crippen LogP contribution in [0.2, 0.25) is 0 Å². The van der Waals surface area contributed by atoms with Gasteiger partial charge in [-0.05, 0) is 36.8 Å². The minimum absolute atomic E-state index is 1.15. The Bertz CT molecular complexity index is 358. The zero-order chi connectivity index (χ0) is 11.1. The van der Waals surface area contributed by atoms with Crippen LogP contribution in [0.1, 0.15) is 25.7 Å². The van der Waals surface area contributed by atoms with Gasteiger partial charge in [0.2, 0.25) is 0 Å². The molecule has 2 aliphatic rings.